The van der Waals surface area contributed by atoms with Gasteiger partial charge in [-0.25, -0.2) is 8.78 Å². The molecule has 0 aromatic heterocycles. The Bertz CT molecular complexity index is 2410. The Labute approximate surface area is 398 Å². The molecular formula is C53H62F2N2O12. The quantitative estimate of drug-likeness (QED) is 0.163. The van der Waals surface area contributed by atoms with Gasteiger partial charge in [0, 0.05) is 43.9 Å². The van der Waals surface area contributed by atoms with Gasteiger partial charge in [-0.05, 0) is 135 Å². The third-order valence-electron chi connectivity index (χ3n) is 19.0. The van der Waals surface area contributed by atoms with Gasteiger partial charge in [-0.1, -0.05) is 49.6 Å². The summed E-state index contributed by atoms with van der Waals surface area (Å²) in [5.74, 6) is -4.82. The third-order valence-corrected chi connectivity index (χ3v) is 19.0. The average Bonchev–Trinajstić information content (AvgIpc) is 3.95. The number of rotatable bonds is 6. The number of nitrogens with one attached hydrogen (secondary N) is 2. The van der Waals surface area contributed by atoms with Crippen LogP contribution < -0.4 is 10.6 Å². The van der Waals surface area contributed by atoms with Crippen LogP contribution in [0.15, 0.2) is 97.1 Å². The van der Waals surface area contributed by atoms with Crippen LogP contribution in [0, 0.1) is 68.8 Å². The van der Waals surface area contributed by atoms with Gasteiger partial charge in [0.1, 0.15) is 33.7 Å². The minimum atomic E-state index is -1.25. The van der Waals surface area contributed by atoms with E-state index in [0.717, 1.165) is 29.4 Å². The van der Waals surface area contributed by atoms with Gasteiger partial charge in [-0.15, -0.1) is 0 Å². The lowest BCUT2D eigenvalue weighted by Gasteiger charge is -2.44. The number of benzene rings is 2. The van der Waals surface area contributed by atoms with Gasteiger partial charge in [0.15, 0.2) is 0 Å². The first-order chi connectivity index (χ1) is 32.1. The first kappa shape index (κ1) is 48.9. The molecule has 0 radical (unpaired) electrons. The number of carbonyl (C=O) groups is 4. The Balaban J connectivity index is 0.000000164. The van der Waals surface area contributed by atoms with E-state index in [9.17, 15) is 48.4 Å². The minimum Gasteiger partial charge on any atom is -0.454 e. The molecule has 9 N–H and O–H groups in total. The van der Waals surface area contributed by atoms with Crippen molar-refractivity contribution in [3.63, 3.8) is 0 Å². The summed E-state index contributed by atoms with van der Waals surface area (Å²) in [6, 6.07) is 11.9. The van der Waals surface area contributed by atoms with Gasteiger partial charge in [-0.2, -0.15) is 0 Å². The van der Waals surface area contributed by atoms with Crippen LogP contribution >= 0.6 is 0 Å². The molecule has 2 saturated heterocycles. The summed E-state index contributed by atoms with van der Waals surface area (Å²) in [5, 5.41) is 57.4. The second-order valence-electron chi connectivity index (χ2n) is 21.9. The van der Waals surface area contributed by atoms with Crippen LogP contribution in [-0.4, -0.2) is 96.5 Å². The molecule has 10 aliphatic rings. The van der Waals surface area contributed by atoms with Crippen LogP contribution in [0.2, 0.25) is 0 Å². The number of ether oxygens (including phenoxy) is 2. The van der Waals surface area contributed by atoms with E-state index in [-0.39, 0.29) is 53.9 Å². The SMILES string of the molecule is C=C1C[C@]23C[C@@]1(O)CC[C@H]2[C@@]12C=C[C@H](O)[C@@](C)(C(=O)O1)[C@H]2[C@@H]3C(=O)NCc1ccc(F)cc1.C=C1C[C@]23C[C@@]1(O)CC[C@H]2[C@@]12C=C[C@H](O)[C@@](C)(C(=O)O1)[C@H]2[C@@H]3C(=O)NCc1ccc(F)cc1.CO.O. The van der Waals surface area contributed by atoms with Crippen molar-refractivity contribution < 1.29 is 68.4 Å². The lowest BCUT2D eigenvalue weighted by molar-refractivity contribution is -0.162. The van der Waals surface area contributed by atoms with Crippen molar-refractivity contribution in [2.24, 2.45) is 57.2 Å². The Kier molecular flexibility index (Phi) is 11.3. The fourth-order valence-corrected chi connectivity index (χ4v) is 16.1. The number of halogens is 2. The highest BCUT2D eigenvalue weighted by Crippen LogP contribution is 2.79. The van der Waals surface area contributed by atoms with Crippen molar-refractivity contribution in [1.29, 1.82) is 0 Å². The van der Waals surface area contributed by atoms with Crippen molar-refractivity contribution in [2.75, 3.05) is 7.11 Å². The lowest BCUT2D eigenvalue weighted by Crippen LogP contribution is -2.52. The molecule has 8 fully saturated rings. The van der Waals surface area contributed by atoms with Gasteiger partial charge in [-0.3, -0.25) is 19.2 Å². The second kappa shape index (κ2) is 16.0. The maximum atomic E-state index is 13.9. The van der Waals surface area contributed by atoms with Crippen molar-refractivity contribution in [2.45, 2.75) is 113 Å². The zero-order valence-electron chi connectivity index (χ0n) is 39.0. The number of aliphatic hydroxyl groups is 5. The van der Waals surface area contributed by atoms with Gasteiger partial charge in [0.25, 0.3) is 0 Å². The fraction of sp³-hybridized carbons (Fsp3) is 0.547. The summed E-state index contributed by atoms with van der Waals surface area (Å²) in [6.07, 6.45) is 8.78. The zero-order chi connectivity index (χ0) is 48.8. The number of hydrogen-bond acceptors (Lipinski definition) is 11. The van der Waals surface area contributed by atoms with E-state index < -0.39 is 91.9 Å². The number of fused-ring (bicyclic) bond motifs is 2. The molecule has 2 amide bonds. The highest BCUT2D eigenvalue weighted by atomic mass is 19.1. The predicted molar refractivity (Wildman–Crippen MR) is 243 cm³/mol. The molecule has 0 unspecified atom stereocenters. The van der Waals surface area contributed by atoms with Crippen LogP contribution in [0.5, 0.6) is 0 Å². The highest BCUT2D eigenvalue weighted by Gasteiger charge is 2.85. The van der Waals surface area contributed by atoms with E-state index in [1.54, 1.807) is 62.4 Å². The maximum Gasteiger partial charge on any atom is 0.316 e. The third kappa shape index (κ3) is 6.27. The van der Waals surface area contributed by atoms with E-state index >= 15 is 0 Å². The van der Waals surface area contributed by atoms with Gasteiger partial charge < -0.3 is 51.1 Å². The van der Waals surface area contributed by atoms with E-state index in [1.807, 2.05) is 0 Å². The zero-order valence-corrected chi connectivity index (χ0v) is 39.0. The summed E-state index contributed by atoms with van der Waals surface area (Å²) in [5.41, 5.74) is -4.76. The number of carbonyl (C=O) groups excluding carboxylic acids is 4. The average molecular weight is 957 g/mol. The topological polar surface area (TPSA) is 243 Å². The monoisotopic (exact) mass is 956 g/mol. The summed E-state index contributed by atoms with van der Waals surface area (Å²) in [7, 11) is 1.00. The highest BCUT2D eigenvalue weighted by molar-refractivity contribution is 5.90. The fourth-order valence-electron chi connectivity index (χ4n) is 16.1. The Hall–Kier alpha value is -5.10. The van der Waals surface area contributed by atoms with Crippen LogP contribution in [0.25, 0.3) is 0 Å². The summed E-state index contributed by atoms with van der Waals surface area (Å²) >= 11 is 0. The molecule has 2 aromatic carbocycles. The molecule has 2 spiro atoms. The normalized spacial score (nSPS) is 44.7. The molecular weight excluding hydrogens is 895 g/mol. The van der Waals surface area contributed by atoms with Crippen LogP contribution in [0.3, 0.4) is 0 Å². The molecule has 69 heavy (non-hydrogen) atoms. The first-order valence-electron chi connectivity index (χ1n) is 23.7. The van der Waals surface area contributed by atoms with Crippen molar-refractivity contribution in [3.8, 4) is 0 Å². The standard InChI is InChI=1S/2C26H28FNO5.CH4O.H2O/c2*1-14-11-24-13-25(14,32)9-7-17(24)26-10-8-18(29)23(2,22(31)33-26)20(26)19(24)21(30)28-12-15-3-5-16(27)6-4-15;1-2;/h2*3-6,8,10,17-20,29,32H,1,7,9,11-13H2,2H3,(H,28,30);2H,1H3;1H2/t2*17-,18+,19-,20-,23-,24+,25+,26-;;/m11../s1. The number of aliphatic hydroxyl groups excluding tert-OH is 3. The Morgan fingerprint density at radius 2 is 1.01 bits per heavy atom. The van der Waals surface area contributed by atoms with E-state index in [0.29, 0.717) is 51.4 Å². The lowest BCUT2D eigenvalue weighted by atomic mass is 9.60. The van der Waals surface area contributed by atoms with Crippen molar-refractivity contribution in [3.05, 3.63) is 120 Å². The summed E-state index contributed by atoms with van der Waals surface area (Å²) < 4.78 is 38.8. The summed E-state index contributed by atoms with van der Waals surface area (Å²) in [6.45, 7) is 12.1. The van der Waals surface area contributed by atoms with E-state index in [1.165, 1.54) is 24.3 Å². The van der Waals surface area contributed by atoms with E-state index in [2.05, 4.69) is 23.8 Å². The van der Waals surface area contributed by atoms with Crippen LogP contribution in [0.1, 0.15) is 76.3 Å². The number of hydrogen-bond donors (Lipinski definition) is 7. The second-order valence-corrected chi connectivity index (χ2v) is 21.9. The first-order valence-corrected chi connectivity index (χ1v) is 23.7. The largest absolute Gasteiger partial charge is 0.454 e. The van der Waals surface area contributed by atoms with Gasteiger partial charge in [0.05, 0.1) is 35.2 Å². The molecule has 6 saturated carbocycles. The molecule has 16 atom stereocenters. The minimum absolute atomic E-state index is 0. The van der Waals surface area contributed by atoms with E-state index in [4.69, 9.17) is 14.6 Å². The molecule has 2 heterocycles. The maximum absolute atomic E-state index is 13.9. The molecule has 12 rings (SSSR count). The molecule has 8 bridgehead atoms. The molecule has 14 nitrogen and oxygen atoms in total. The predicted octanol–water partition coefficient (Wildman–Crippen LogP) is 3.58. The molecule has 2 aliphatic heterocycles. The Morgan fingerprint density at radius 3 is 1.36 bits per heavy atom. The molecule has 370 valence electrons. The van der Waals surface area contributed by atoms with Gasteiger partial charge >= 0.3 is 11.9 Å². The van der Waals surface area contributed by atoms with Crippen LogP contribution in [0.4, 0.5) is 8.78 Å². The Morgan fingerprint density at radius 1 is 0.667 bits per heavy atom. The summed E-state index contributed by atoms with van der Waals surface area (Å²) in [4.78, 5) is 54.0. The number of amides is 2. The van der Waals surface area contributed by atoms with Crippen molar-refractivity contribution >= 4 is 23.8 Å². The van der Waals surface area contributed by atoms with Gasteiger partial charge in [0.2, 0.25) is 11.8 Å². The molecule has 8 aliphatic carbocycles. The molecule has 16 heteroatoms. The number of esters is 2. The smallest absolute Gasteiger partial charge is 0.316 e. The molecule has 2 aromatic rings. The van der Waals surface area contributed by atoms with Crippen LogP contribution in [-0.2, 0) is 41.7 Å². The van der Waals surface area contributed by atoms with Crippen molar-refractivity contribution in [1.82, 2.24) is 10.6 Å².